The highest BCUT2D eigenvalue weighted by molar-refractivity contribution is 5.33. The Morgan fingerprint density at radius 1 is 1.46 bits per heavy atom. The SMILES string of the molecule is CC1(C)CC=CC(C)(CN=C=O)C1. The summed E-state index contributed by atoms with van der Waals surface area (Å²) in [6.07, 6.45) is 8.19. The predicted octanol–water partition coefficient (Wildman–Crippen LogP) is 2.70. The van der Waals surface area contributed by atoms with Gasteiger partial charge in [0, 0.05) is 5.41 Å². The maximum atomic E-state index is 10.0. The Kier molecular flexibility index (Phi) is 2.72. The van der Waals surface area contributed by atoms with Crippen LogP contribution in [0.5, 0.6) is 0 Å². The Balaban J connectivity index is 2.74. The molecule has 1 unspecified atom stereocenters. The second kappa shape index (κ2) is 3.47. The quantitative estimate of drug-likeness (QED) is 0.364. The van der Waals surface area contributed by atoms with Gasteiger partial charge >= 0.3 is 0 Å². The molecule has 0 saturated carbocycles. The molecule has 0 bridgehead atoms. The minimum absolute atomic E-state index is 0.0547. The van der Waals surface area contributed by atoms with E-state index < -0.39 is 0 Å². The van der Waals surface area contributed by atoms with Crippen LogP contribution in [0.15, 0.2) is 17.1 Å². The molecule has 2 nitrogen and oxygen atoms in total. The smallest absolute Gasteiger partial charge is 0.211 e. The molecule has 72 valence electrons. The molecule has 1 aliphatic carbocycles. The van der Waals surface area contributed by atoms with Crippen LogP contribution in [0.3, 0.4) is 0 Å². The fourth-order valence-corrected chi connectivity index (χ4v) is 2.21. The maximum Gasteiger partial charge on any atom is 0.234 e. The lowest BCUT2D eigenvalue weighted by molar-refractivity contribution is 0.213. The van der Waals surface area contributed by atoms with Gasteiger partial charge in [-0.1, -0.05) is 32.9 Å². The van der Waals surface area contributed by atoms with Crippen LogP contribution in [0.4, 0.5) is 0 Å². The van der Waals surface area contributed by atoms with Crippen LogP contribution in [0, 0.1) is 10.8 Å². The highest BCUT2D eigenvalue weighted by Crippen LogP contribution is 2.41. The number of isocyanates is 1. The van der Waals surface area contributed by atoms with Crippen molar-refractivity contribution < 1.29 is 4.79 Å². The Morgan fingerprint density at radius 3 is 2.69 bits per heavy atom. The number of rotatable bonds is 2. The monoisotopic (exact) mass is 179 g/mol. The first-order valence-corrected chi connectivity index (χ1v) is 4.69. The van der Waals surface area contributed by atoms with Gasteiger partial charge < -0.3 is 0 Å². The third-order valence-electron chi connectivity index (χ3n) is 2.58. The summed E-state index contributed by atoms with van der Waals surface area (Å²) >= 11 is 0. The topological polar surface area (TPSA) is 29.4 Å². The van der Waals surface area contributed by atoms with Crippen LogP contribution < -0.4 is 0 Å². The molecule has 0 spiro atoms. The second-order valence-corrected chi connectivity index (χ2v) is 5.01. The molecule has 0 aromatic carbocycles. The van der Waals surface area contributed by atoms with Gasteiger partial charge in [-0.15, -0.1) is 0 Å². The summed E-state index contributed by atoms with van der Waals surface area (Å²) < 4.78 is 0. The Hall–Kier alpha value is -0.880. The Labute approximate surface area is 79.8 Å². The molecule has 0 fully saturated rings. The summed E-state index contributed by atoms with van der Waals surface area (Å²) in [5.74, 6) is 0. The van der Waals surface area contributed by atoms with Crippen molar-refractivity contribution in [3.05, 3.63) is 12.2 Å². The fraction of sp³-hybridized carbons (Fsp3) is 0.727. The summed E-state index contributed by atoms with van der Waals surface area (Å²) in [4.78, 5) is 13.7. The molecule has 0 aliphatic heterocycles. The number of hydrogen-bond acceptors (Lipinski definition) is 2. The number of hydrogen-bond donors (Lipinski definition) is 0. The molecular weight excluding hydrogens is 162 g/mol. The van der Waals surface area contributed by atoms with Gasteiger partial charge in [0.1, 0.15) is 0 Å². The fourth-order valence-electron chi connectivity index (χ4n) is 2.21. The van der Waals surface area contributed by atoms with E-state index in [1.165, 1.54) is 0 Å². The summed E-state index contributed by atoms with van der Waals surface area (Å²) in [5, 5.41) is 0. The second-order valence-electron chi connectivity index (χ2n) is 5.01. The van der Waals surface area contributed by atoms with Crippen molar-refractivity contribution in [1.29, 1.82) is 0 Å². The minimum Gasteiger partial charge on any atom is -0.211 e. The van der Waals surface area contributed by atoms with Crippen molar-refractivity contribution in [1.82, 2.24) is 0 Å². The van der Waals surface area contributed by atoms with Crippen molar-refractivity contribution in [2.24, 2.45) is 15.8 Å². The van der Waals surface area contributed by atoms with Crippen molar-refractivity contribution in [3.8, 4) is 0 Å². The van der Waals surface area contributed by atoms with Crippen molar-refractivity contribution in [2.45, 2.75) is 33.6 Å². The first-order valence-electron chi connectivity index (χ1n) is 4.69. The van der Waals surface area contributed by atoms with Crippen molar-refractivity contribution >= 4 is 6.08 Å². The molecule has 0 heterocycles. The lowest BCUT2D eigenvalue weighted by Gasteiger charge is -2.37. The largest absolute Gasteiger partial charge is 0.234 e. The van der Waals surface area contributed by atoms with Gasteiger partial charge in [0.2, 0.25) is 6.08 Å². The number of nitrogens with zero attached hydrogens (tertiary/aromatic N) is 1. The van der Waals surface area contributed by atoms with Crippen LogP contribution >= 0.6 is 0 Å². The van der Waals surface area contributed by atoms with Crippen LogP contribution in [-0.4, -0.2) is 12.6 Å². The lowest BCUT2D eigenvalue weighted by Crippen LogP contribution is -2.29. The first kappa shape index (κ1) is 10.2. The molecular formula is C11H17NO. The van der Waals surface area contributed by atoms with Gasteiger partial charge in [0.15, 0.2) is 0 Å². The summed E-state index contributed by atoms with van der Waals surface area (Å²) in [7, 11) is 0. The summed E-state index contributed by atoms with van der Waals surface area (Å²) in [6, 6.07) is 0. The maximum absolute atomic E-state index is 10.0. The van der Waals surface area contributed by atoms with E-state index in [4.69, 9.17) is 0 Å². The van der Waals surface area contributed by atoms with Gasteiger partial charge in [0.25, 0.3) is 0 Å². The van der Waals surface area contributed by atoms with E-state index in [9.17, 15) is 4.79 Å². The van der Waals surface area contributed by atoms with E-state index in [1.807, 2.05) is 0 Å². The van der Waals surface area contributed by atoms with E-state index >= 15 is 0 Å². The molecule has 0 aromatic rings. The van der Waals surface area contributed by atoms with E-state index in [1.54, 1.807) is 6.08 Å². The minimum atomic E-state index is 0.0547. The summed E-state index contributed by atoms with van der Waals surface area (Å²) in [5.41, 5.74) is 0.390. The molecule has 0 amide bonds. The Morgan fingerprint density at radius 2 is 2.15 bits per heavy atom. The zero-order valence-electron chi connectivity index (χ0n) is 8.63. The average molecular weight is 179 g/mol. The van der Waals surface area contributed by atoms with Gasteiger partial charge in [0.05, 0.1) is 6.54 Å². The third-order valence-corrected chi connectivity index (χ3v) is 2.58. The van der Waals surface area contributed by atoms with E-state index in [-0.39, 0.29) is 5.41 Å². The standard InChI is InChI=1S/C11H17NO/c1-10(2)5-4-6-11(3,7-10)8-12-9-13/h4,6H,5,7-8H2,1-3H3. The van der Waals surface area contributed by atoms with Crippen molar-refractivity contribution in [2.75, 3.05) is 6.54 Å². The molecule has 13 heavy (non-hydrogen) atoms. The molecule has 1 rings (SSSR count). The van der Waals surface area contributed by atoms with Crippen LogP contribution in [-0.2, 0) is 4.79 Å². The van der Waals surface area contributed by atoms with Crippen LogP contribution in [0.1, 0.15) is 33.6 Å². The number of allylic oxidation sites excluding steroid dienone is 1. The van der Waals surface area contributed by atoms with E-state index in [2.05, 4.69) is 37.9 Å². The number of carbonyl (C=O) groups excluding carboxylic acids is 1. The molecule has 1 atom stereocenters. The zero-order chi connectivity index (χ0) is 9.95. The highest BCUT2D eigenvalue weighted by atomic mass is 16.1. The molecule has 2 heteroatoms. The zero-order valence-corrected chi connectivity index (χ0v) is 8.63. The van der Waals surface area contributed by atoms with Crippen LogP contribution in [0.25, 0.3) is 0 Å². The van der Waals surface area contributed by atoms with E-state index in [0.717, 1.165) is 12.8 Å². The van der Waals surface area contributed by atoms with Crippen LogP contribution in [0.2, 0.25) is 0 Å². The summed E-state index contributed by atoms with van der Waals surface area (Å²) in [6.45, 7) is 7.21. The molecule has 0 saturated heterocycles. The predicted molar refractivity (Wildman–Crippen MR) is 53.3 cm³/mol. The third kappa shape index (κ3) is 2.82. The average Bonchev–Trinajstić information content (AvgIpc) is 1.98. The Bertz CT molecular complexity index is 261. The molecule has 1 aliphatic rings. The van der Waals surface area contributed by atoms with Crippen molar-refractivity contribution in [3.63, 3.8) is 0 Å². The molecule has 0 aromatic heterocycles. The van der Waals surface area contributed by atoms with E-state index in [0.29, 0.717) is 12.0 Å². The molecule has 0 radical (unpaired) electrons. The van der Waals surface area contributed by atoms with Gasteiger partial charge in [-0.05, 0) is 18.3 Å². The van der Waals surface area contributed by atoms with Gasteiger partial charge in [-0.3, -0.25) is 0 Å². The number of aliphatic imine (C=N–C) groups is 1. The highest BCUT2D eigenvalue weighted by Gasteiger charge is 2.32. The van der Waals surface area contributed by atoms with Gasteiger partial charge in [-0.2, -0.15) is 0 Å². The molecule has 0 N–H and O–H groups in total. The normalized spacial score (nSPS) is 31.0. The van der Waals surface area contributed by atoms with Gasteiger partial charge in [-0.25, -0.2) is 9.79 Å². The lowest BCUT2D eigenvalue weighted by atomic mass is 9.68. The first-order chi connectivity index (χ1) is 5.97.